The summed E-state index contributed by atoms with van der Waals surface area (Å²) in [6, 6.07) is 0. The molecule has 588 valence electrons. The van der Waals surface area contributed by atoms with E-state index in [1.807, 2.05) is 0 Å². The van der Waals surface area contributed by atoms with E-state index in [1.165, 1.54) is 205 Å². The molecule has 17 nitrogen and oxygen atoms in total. The van der Waals surface area contributed by atoms with Gasteiger partial charge in [-0.3, -0.25) is 37.3 Å². The maximum Gasteiger partial charge on any atom is 0.472 e. The Bertz CT molecular complexity index is 1940. The zero-order chi connectivity index (χ0) is 73.1. The number of hydrogen-bond donors (Lipinski definition) is 3. The SMILES string of the molecule is CCC(C)CCCCCCCCCCCCCCCCC(=O)O[C@H](COC(=O)CCCCCCCCCC(C)C)COP(=O)(O)OCC(O)COP(=O)(O)OC[C@@H](COC(=O)CCCCCCCCCCCCCCCCCCCCC(C)C)OC(=O)CCCCCCCCC(C)CC. The van der Waals surface area contributed by atoms with Gasteiger partial charge in [0.05, 0.1) is 26.4 Å². The van der Waals surface area contributed by atoms with E-state index in [4.69, 9.17) is 37.0 Å². The van der Waals surface area contributed by atoms with E-state index >= 15 is 0 Å². The third-order valence-corrected chi connectivity index (χ3v) is 21.2. The molecule has 0 aromatic carbocycles. The highest BCUT2D eigenvalue weighted by Gasteiger charge is 2.30. The van der Waals surface area contributed by atoms with E-state index in [1.54, 1.807) is 0 Å². The quantitative estimate of drug-likeness (QED) is 0.0222. The Hall–Kier alpha value is -1.94. The van der Waals surface area contributed by atoms with Gasteiger partial charge >= 0.3 is 39.5 Å². The number of aliphatic hydroxyl groups excluding tert-OH is 1. The van der Waals surface area contributed by atoms with Crippen molar-refractivity contribution >= 4 is 39.5 Å². The standard InChI is InChI=1S/C80H156O17P2/c1-9-72(7)58-50-42-34-28-24-20-17-18-22-26-30-36-46-54-62-79(84)96-75(66-91-78(83)61-53-45-37-31-33-41-49-57-71(5)6)68-94-98(86,87)92-64-74(81)65-93-99(88,89)95-69-76(97-80(85)63-55-47-39-38-43-51-59-73(8)10-2)67-90-77(82)60-52-44-35-29-25-21-16-14-12-11-13-15-19-23-27-32-40-48-56-70(3)4/h70-76,81H,9-69H2,1-8H3,(H,86,87)(H,88,89)/t72?,73?,74?,75-,76-/m1/s1. The molecule has 0 saturated heterocycles. The van der Waals surface area contributed by atoms with Crippen LogP contribution in [0, 0.1) is 23.7 Å². The first-order valence-corrected chi connectivity index (χ1v) is 44.3. The van der Waals surface area contributed by atoms with Crippen molar-refractivity contribution in [2.45, 2.75) is 427 Å². The summed E-state index contributed by atoms with van der Waals surface area (Å²) in [6.07, 6.45) is 55.7. The van der Waals surface area contributed by atoms with Crippen molar-refractivity contribution < 1.29 is 80.2 Å². The molecule has 7 atom stereocenters. The molecule has 0 amide bonds. The van der Waals surface area contributed by atoms with E-state index in [0.29, 0.717) is 31.6 Å². The van der Waals surface area contributed by atoms with Gasteiger partial charge in [0.25, 0.3) is 0 Å². The molecule has 5 unspecified atom stereocenters. The number of phosphoric ester groups is 2. The molecule has 99 heavy (non-hydrogen) atoms. The Balaban J connectivity index is 5.14. The van der Waals surface area contributed by atoms with Gasteiger partial charge in [0, 0.05) is 25.7 Å². The van der Waals surface area contributed by atoms with Crippen molar-refractivity contribution in [3.8, 4) is 0 Å². The summed E-state index contributed by atoms with van der Waals surface area (Å²) >= 11 is 0. The largest absolute Gasteiger partial charge is 0.472 e. The van der Waals surface area contributed by atoms with Crippen molar-refractivity contribution in [2.24, 2.45) is 23.7 Å². The van der Waals surface area contributed by atoms with Gasteiger partial charge in [-0.05, 0) is 49.4 Å². The maximum atomic E-state index is 13.1. The van der Waals surface area contributed by atoms with E-state index in [2.05, 4.69) is 55.4 Å². The molecule has 0 aliphatic heterocycles. The lowest BCUT2D eigenvalue weighted by Gasteiger charge is -2.21. The minimum Gasteiger partial charge on any atom is -0.462 e. The van der Waals surface area contributed by atoms with Crippen LogP contribution in [-0.2, 0) is 65.4 Å². The van der Waals surface area contributed by atoms with Crippen LogP contribution in [0.4, 0.5) is 0 Å². The van der Waals surface area contributed by atoms with Crippen molar-refractivity contribution in [1.82, 2.24) is 0 Å². The lowest BCUT2D eigenvalue weighted by molar-refractivity contribution is -0.161. The molecule has 3 N–H and O–H groups in total. The topological polar surface area (TPSA) is 237 Å². The van der Waals surface area contributed by atoms with Crippen LogP contribution in [0.25, 0.3) is 0 Å². The van der Waals surface area contributed by atoms with Gasteiger partial charge in [0.1, 0.15) is 19.3 Å². The molecule has 19 heteroatoms. The Morgan fingerprint density at radius 2 is 0.485 bits per heavy atom. The highest BCUT2D eigenvalue weighted by Crippen LogP contribution is 2.45. The summed E-state index contributed by atoms with van der Waals surface area (Å²) < 4.78 is 68.6. The number of carbonyl (C=O) groups excluding carboxylic acids is 4. The van der Waals surface area contributed by atoms with Gasteiger partial charge in [-0.15, -0.1) is 0 Å². The Labute approximate surface area is 607 Å². The van der Waals surface area contributed by atoms with Crippen LogP contribution in [0.2, 0.25) is 0 Å². The summed E-state index contributed by atoms with van der Waals surface area (Å²) in [5.74, 6) is 0.974. The van der Waals surface area contributed by atoms with Crippen LogP contribution in [-0.4, -0.2) is 96.7 Å². The van der Waals surface area contributed by atoms with E-state index < -0.39 is 97.5 Å². The number of aliphatic hydroxyl groups is 1. The third kappa shape index (κ3) is 71.5. The molecule has 0 spiro atoms. The molecular weight excluding hydrogens is 1290 g/mol. The van der Waals surface area contributed by atoms with Crippen molar-refractivity contribution in [3.63, 3.8) is 0 Å². The fourth-order valence-corrected chi connectivity index (χ4v) is 13.8. The van der Waals surface area contributed by atoms with Crippen LogP contribution in [0.3, 0.4) is 0 Å². The summed E-state index contributed by atoms with van der Waals surface area (Å²) in [5.41, 5.74) is 0. The lowest BCUT2D eigenvalue weighted by atomic mass is 9.99. The number of hydrogen-bond acceptors (Lipinski definition) is 15. The van der Waals surface area contributed by atoms with E-state index in [0.717, 1.165) is 114 Å². The first-order chi connectivity index (χ1) is 47.7. The molecule has 0 aliphatic carbocycles. The number of carbonyl (C=O) groups is 4. The van der Waals surface area contributed by atoms with Gasteiger partial charge in [-0.2, -0.15) is 0 Å². The smallest absolute Gasteiger partial charge is 0.462 e. The molecular formula is C80H156O17P2. The minimum absolute atomic E-state index is 0.103. The Kier molecular flexibility index (Phi) is 67.8. The van der Waals surface area contributed by atoms with Crippen molar-refractivity contribution in [3.05, 3.63) is 0 Å². The number of rotatable bonds is 77. The predicted molar refractivity (Wildman–Crippen MR) is 404 cm³/mol. The summed E-state index contributed by atoms with van der Waals surface area (Å²) in [7, 11) is -9.92. The summed E-state index contributed by atoms with van der Waals surface area (Å²) in [5, 5.41) is 10.6. The highest BCUT2D eigenvalue weighted by molar-refractivity contribution is 7.47. The zero-order valence-corrected chi connectivity index (χ0v) is 66.9. The average molecular weight is 1450 g/mol. The zero-order valence-electron chi connectivity index (χ0n) is 65.1. The predicted octanol–water partition coefficient (Wildman–Crippen LogP) is 23.6. The van der Waals surface area contributed by atoms with Gasteiger partial charge < -0.3 is 33.8 Å². The van der Waals surface area contributed by atoms with E-state index in [-0.39, 0.29) is 25.7 Å². The molecule has 0 aliphatic rings. The van der Waals surface area contributed by atoms with Crippen LogP contribution in [0.15, 0.2) is 0 Å². The van der Waals surface area contributed by atoms with Crippen LogP contribution in [0.1, 0.15) is 409 Å². The number of phosphoric acid groups is 2. The van der Waals surface area contributed by atoms with Crippen molar-refractivity contribution in [2.75, 3.05) is 39.6 Å². The molecule has 0 fully saturated rings. The van der Waals surface area contributed by atoms with Crippen LogP contribution in [0.5, 0.6) is 0 Å². The van der Waals surface area contributed by atoms with Gasteiger partial charge in [0.15, 0.2) is 12.2 Å². The molecule has 0 saturated carbocycles. The second kappa shape index (κ2) is 69.1. The fourth-order valence-electron chi connectivity index (χ4n) is 12.2. The average Bonchev–Trinajstić information content (AvgIpc) is 1.01. The van der Waals surface area contributed by atoms with Gasteiger partial charge in [-0.1, -0.05) is 357 Å². The molecule has 0 rings (SSSR count). The fraction of sp³-hybridized carbons (Fsp3) is 0.950. The second-order valence-corrected chi connectivity index (χ2v) is 33.1. The van der Waals surface area contributed by atoms with Crippen molar-refractivity contribution in [1.29, 1.82) is 0 Å². The maximum absolute atomic E-state index is 13.1. The third-order valence-electron chi connectivity index (χ3n) is 19.3. The van der Waals surface area contributed by atoms with Gasteiger partial charge in [0.2, 0.25) is 0 Å². The Morgan fingerprint density at radius 1 is 0.283 bits per heavy atom. The minimum atomic E-state index is -4.96. The lowest BCUT2D eigenvalue weighted by Crippen LogP contribution is -2.30. The normalized spacial score (nSPS) is 14.6. The van der Waals surface area contributed by atoms with E-state index in [9.17, 15) is 43.2 Å². The molecule has 0 aromatic heterocycles. The number of ether oxygens (including phenoxy) is 4. The summed E-state index contributed by atoms with van der Waals surface area (Å²) in [6.45, 7) is 14.2. The first kappa shape index (κ1) is 97.1. The van der Waals surface area contributed by atoms with Crippen LogP contribution >= 0.6 is 15.6 Å². The number of unbranched alkanes of at least 4 members (excludes halogenated alkanes) is 41. The highest BCUT2D eigenvalue weighted by atomic mass is 31.2. The molecule has 0 radical (unpaired) electrons. The molecule has 0 aromatic rings. The first-order valence-electron chi connectivity index (χ1n) is 41.3. The molecule has 0 bridgehead atoms. The monoisotopic (exact) mass is 1450 g/mol. The van der Waals surface area contributed by atoms with Crippen LogP contribution < -0.4 is 0 Å². The second-order valence-electron chi connectivity index (χ2n) is 30.2. The van der Waals surface area contributed by atoms with Gasteiger partial charge in [-0.25, -0.2) is 9.13 Å². The number of esters is 4. The Morgan fingerprint density at radius 3 is 0.717 bits per heavy atom. The summed E-state index contributed by atoms with van der Waals surface area (Å²) in [4.78, 5) is 72.9. The molecule has 0 heterocycles.